The molecule has 31 heavy (non-hydrogen) atoms. The first-order valence-corrected chi connectivity index (χ1v) is 9.61. The second-order valence-corrected chi connectivity index (χ2v) is 6.43. The van der Waals surface area contributed by atoms with E-state index in [1.807, 2.05) is 6.92 Å². The first-order valence-electron chi connectivity index (χ1n) is 9.61. The molecule has 0 aromatic heterocycles. The first kappa shape index (κ1) is 23.5. The highest BCUT2D eigenvalue weighted by molar-refractivity contribution is 5.96. The van der Waals surface area contributed by atoms with Crippen LogP contribution < -0.4 is 29.8 Å². The average molecular weight is 430 g/mol. The largest absolute Gasteiger partial charge is 0.493 e. The lowest BCUT2D eigenvalue weighted by Gasteiger charge is -2.13. The topological polar surface area (TPSA) is 112 Å². The summed E-state index contributed by atoms with van der Waals surface area (Å²) in [4.78, 5) is 35.8. The number of rotatable bonds is 10. The van der Waals surface area contributed by atoms with Crippen molar-refractivity contribution in [2.24, 2.45) is 0 Å². The molecule has 9 nitrogen and oxygen atoms in total. The van der Waals surface area contributed by atoms with Gasteiger partial charge in [0.25, 0.3) is 11.8 Å². The van der Waals surface area contributed by atoms with Crippen molar-refractivity contribution in [3.05, 3.63) is 47.5 Å². The fraction of sp³-hybridized carbons (Fsp3) is 0.318. The molecule has 0 aliphatic carbocycles. The summed E-state index contributed by atoms with van der Waals surface area (Å²) in [6.45, 7) is 3.58. The number of Topliss-reactive ketones (excluding diaryl/α,β-unsaturated/α-hetero) is 1. The molecule has 2 amide bonds. The Labute approximate surface area is 180 Å². The van der Waals surface area contributed by atoms with Crippen LogP contribution in [0.5, 0.6) is 23.0 Å². The van der Waals surface area contributed by atoms with Gasteiger partial charge in [0.05, 0.1) is 20.8 Å². The average Bonchev–Trinajstić information content (AvgIpc) is 2.79. The van der Waals surface area contributed by atoms with E-state index in [-0.39, 0.29) is 18.0 Å². The van der Waals surface area contributed by atoms with Crippen molar-refractivity contribution in [3.8, 4) is 23.0 Å². The standard InChI is InChI=1S/C22H26N2O7/c1-5-10-30-17-9-7-16(12-20(17)29-4)22(27)24-23-21(26)13-31-18-8-6-15(14(2)25)11-19(18)28-3/h6-9,11-12H,5,10,13H2,1-4H3,(H,23,26)(H,24,27). The van der Waals surface area contributed by atoms with E-state index >= 15 is 0 Å². The Morgan fingerprint density at radius 2 is 1.39 bits per heavy atom. The first-order chi connectivity index (χ1) is 14.9. The molecule has 0 aliphatic rings. The lowest BCUT2D eigenvalue weighted by atomic mass is 10.1. The number of nitrogens with one attached hydrogen (secondary N) is 2. The van der Waals surface area contributed by atoms with Crippen LogP contribution >= 0.6 is 0 Å². The Morgan fingerprint density at radius 3 is 1.97 bits per heavy atom. The summed E-state index contributed by atoms with van der Waals surface area (Å²) in [6, 6.07) is 9.35. The van der Waals surface area contributed by atoms with Crippen molar-refractivity contribution in [1.82, 2.24) is 10.9 Å². The highest BCUT2D eigenvalue weighted by Crippen LogP contribution is 2.29. The van der Waals surface area contributed by atoms with Gasteiger partial charge in [-0.1, -0.05) is 6.92 Å². The summed E-state index contributed by atoms with van der Waals surface area (Å²) in [5, 5.41) is 0. The van der Waals surface area contributed by atoms with E-state index in [2.05, 4.69) is 10.9 Å². The van der Waals surface area contributed by atoms with Crippen molar-refractivity contribution < 1.29 is 33.3 Å². The molecule has 0 saturated carbocycles. The molecule has 2 N–H and O–H groups in total. The van der Waals surface area contributed by atoms with Gasteiger partial charge in [0.2, 0.25) is 0 Å². The molecular formula is C22H26N2O7. The summed E-state index contributed by atoms with van der Waals surface area (Å²) >= 11 is 0. The van der Waals surface area contributed by atoms with Crippen LogP contribution in [0.2, 0.25) is 0 Å². The zero-order chi connectivity index (χ0) is 22.8. The van der Waals surface area contributed by atoms with Crippen LogP contribution in [0.3, 0.4) is 0 Å². The van der Waals surface area contributed by atoms with Gasteiger partial charge in [0.15, 0.2) is 35.4 Å². The van der Waals surface area contributed by atoms with Crippen LogP contribution in [0.1, 0.15) is 41.0 Å². The number of ether oxygens (including phenoxy) is 4. The Bertz CT molecular complexity index is 943. The Kier molecular flexibility index (Phi) is 8.68. The van der Waals surface area contributed by atoms with E-state index in [0.29, 0.717) is 35.2 Å². The molecule has 9 heteroatoms. The fourth-order valence-corrected chi connectivity index (χ4v) is 2.52. The quantitative estimate of drug-likeness (QED) is 0.440. The van der Waals surface area contributed by atoms with E-state index in [1.165, 1.54) is 39.3 Å². The van der Waals surface area contributed by atoms with Crippen molar-refractivity contribution in [2.45, 2.75) is 20.3 Å². The summed E-state index contributed by atoms with van der Waals surface area (Å²) < 4.78 is 21.4. The molecule has 2 aromatic carbocycles. The summed E-state index contributed by atoms with van der Waals surface area (Å²) in [5.74, 6) is 0.327. The van der Waals surface area contributed by atoms with Crippen molar-refractivity contribution in [2.75, 3.05) is 27.4 Å². The van der Waals surface area contributed by atoms with Gasteiger partial charge in [-0.25, -0.2) is 0 Å². The molecule has 2 rings (SSSR count). The lowest BCUT2D eigenvalue weighted by Crippen LogP contribution is -2.43. The Balaban J connectivity index is 1.91. The number of hydrogen-bond acceptors (Lipinski definition) is 7. The zero-order valence-corrected chi connectivity index (χ0v) is 17.9. The molecule has 0 atom stereocenters. The van der Waals surface area contributed by atoms with Crippen LogP contribution in [0.25, 0.3) is 0 Å². The Morgan fingerprint density at radius 1 is 0.806 bits per heavy atom. The van der Waals surface area contributed by atoms with E-state index < -0.39 is 11.8 Å². The van der Waals surface area contributed by atoms with Gasteiger partial charge in [-0.05, 0) is 49.7 Å². The highest BCUT2D eigenvalue weighted by atomic mass is 16.5. The summed E-state index contributed by atoms with van der Waals surface area (Å²) in [6.07, 6.45) is 0.840. The third-order valence-corrected chi connectivity index (χ3v) is 4.13. The number of methoxy groups -OCH3 is 2. The second kappa shape index (κ2) is 11.4. The van der Waals surface area contributed by atoms with Crippen molar-refractivity contribution >= 4 is 17.6 Å². The maximum atomic E-state index is 12.3. The van der Waals surface area contributed by atoms with Crippen LogP contribution in [0, 0.1) is 0 Å². The molecule has 0 radical (unpaired) electrons. The van der Waals surface area contributed by atoms with E-state index in [4.69, 9.17) is 18.9 Å². The van der Waals surface area contributed by atoms with Gasteiger partial charge < -0.3 is 18.9 Å². The number of amides is 2. The number of ketones is 1. The van der Waals surface area contributed by atoms with Crippen LogP contribution in [-0.2, 0) is 4.79 Å². The molecule has 166 valence electrons. The summed E-state index contributed by atoms with van der Waals surface area (Å²) in [7, 11) is 2.91. The number of benzene rings is 2. The minimum Gasteiger partial charge on any atom is -0.493 e. The smallest absolute Gasteiger partial charge is 0.276 e. The number of carbonyl (C=O) groups is 3. The molecule has 0 heterocycles. The van der Waals surface area contributed by atoms with Gasteiger partial charge in [-0.3, -0.25) is 25.2 Å². The molecule has 0 fully saturated rings. The van der Waals surface area contributed by atoms with Crippen molar-refractivity contribution in [1.29, 1.82) is 0 Å². The normalized spacial score (nSPS) is 10.1. The van der Waals surface area contributed by atoms with Gasteiger partial charge in [0, 0.05) is 11.1 Å². The van der Waals surface area contributed by atoms with Gasteiger partial charge in [0.1, 0.15) is 0 Å². The SMILES string of the molecule is CCCOc1ccc(C(=O)NNC(=O)COc2ccc(C(C)=O)cc2OC)cc1OC. The number of carbonyl (C=O) groups excluding carboxylic acids is 3. The number of hydrogen-bond donors (Lipinski definition) is 2. The summed E-state index contributed by atoms with van der Waals surface area (Å²) in [5.41, 5.74) is 5.33. The van der Waals surface area contributed by atoms with Crippen LogP contribution in [0.4, 0.5) is 0 Å². The minimum absolute atomic E-state index is 0.119. The Hall–Kier alpha value is -3.75. The second-order valence-electron chi connectivity index (χ2n) is 6.43. The molecule has 0 unspecified atom stereocenters. The third kappa shape index (κ3) is 6.63. The van der Waals surface area contributed by atoms with E-state index in [0.717, 1.165) is 6.42 Å². The zero-order valence-electron chi connectivity index (χ0n) is 17.9. The maximum absolute atomic E-state index is 12.3. The number of hydrazine groups is 1. The fourth-order valence-electron chi connectivity index (χ4n) is 2.52. The van der Waals surface area contributed by atoms with Crippen molar-refractivity contribution in [3.63, 3.8) is 0 Å². The predicted molar refractivity (Wildman–Crippen MR) is 113 cm³/mol. The molecule has 0 aliphatic heterocycles. The maximum Gasteiger partial charge on any atom is 0.276 e. The predicted octanol–water partition coefficient (Wildman–Crippen LogP) is 2.54. The molecule has 0 spiro atoms. The molecule has 0 saturated heterocycles. The lowest BCUT2D eigenvalue weighted by molar-refractivity contribution is -0.123. The molecule has 0 bridgehead atoms. The van der Waals surface area contributed by atoms with E-state index in [9.17, 15) is 14.4 Å². The van der Waals surface area contributed by atoms with Gasteiger partial charge >= 0.3 is 0 Å². The van der Waals surface area contributed by atoms with Crippen LogP contribution in [-0.4, -0.2) is 45.0 Å². The monoisotopic (exact) mass is 430 g/mol. The highest BCUT2D eigenvalue weighted by Gasteiger charge is 2.14. The van der Waals surface area contributed by atoms with Gasteiger partial charge in [-0.2, -0.15) is 0 Å². The van der Waals surface area contributed by atoms with Crippen LogP contribution in [0.15, 0.2) is 36.4 Å². The van der Waals surface area contributed by atoms with E-state index in [1.54, 1.807) is 18.2 Å². The minimum atomic E-state index is -0.582. The third-order valence-electron chi connectivity index (χ3n) is 4.13. The van der Waals surface area contributed by atoms with Gasteiger partial charge in [-0.15, -0.1) is 0 Å². The molecular weight excluding hydrogens is 404 g/mol. The molecule has 2 aromatic rings.